The van der Waals surface area contributed by atoms with Crippen molar-refractivity contribution in [3.63, 3.8) is 0 Å². The first kappa shape index (κ1) is 14.9. The van der Waals surface area contributed by atoms with E-state index in [0.29, 0.717) is 5.92 Å². The van der Waals surface area contributed by atoms with Crippen molar-refractivity contribution in [2.75, 3.05) is 0 Å². The number of nitrogens with one attached hydrogen (secondary N) is 1. The fourth-order valence-electron chi connectivity index (χ4n) is 1.44. The summed E-state index contributed by atoms with van der Waals surface area (Å²) in [5, 5.41) is 7.53. The third-order valence-electron chi connectivity index (χ3n) is 3.08. The highest BCUT2D eigenvalue weighted by Gasteiger charge is 2.04. The lowest BCUT2D eigenvalue weighted by Crippen LogP contribution is -2.04. The summed E-state index contributed by atoms with van der Waals surface area (Å²) in [5.74, 6) is 0.428. The molecule has 0 bridgehead atoms. The van der Waals surface area contributed by atoms with Crippen molar-refractivity contribution in [3.05, 3.63) is 36.0 Å². The van der Waals surface area contributed by atoms with E-state index in [4.69, 9.17) is 5.41 Å². The van der Waals surface area contributed by atoms with Crippen LogP contribution in [0.2, 0.25) is 0 Å². The van der Waals surface area contributed by atoms with E-state index in [1.54, 1.807) is 6.08 Å². The average molecular weight is 219 g/mol. The molecule has 1 nitrogen and oxygen atoms in total. The molecule has 16 heavy (non-hydrogen) atoms. The summed E-state index contributed by atoms with van der Waals surface area (Å²) in [5.41, 5.74) is 3.57. The van der Waals surface area contributed by atoms with Crippen molar-refractivity contribution in [1.29, 1.82) is 5.41 Å². The highest BCUT2D eigenvalue weighted by atomic mass is 14.4. The van der Waals surface area contributed by atoms with E-state index < -0.39 is 0 Å². The highest BCUT2D eigenvalue weighted by molar-refractivity contribution is 5.80. The van der Waals surface area contributed by atoms with Crippen molar-refractivity contribution < 1.29 is 0 Å². The molecule has 0 amide bonds. The van der Waals surface area contributed by atoms with Crippen LogP contribution in [0.4, 0.5) is 0 Å². The van der Waals surface area contributed by atoms with Crippen LogP contribution in [0, 0.1) is 11.3 Å². The average Bonchev–Trinajstić information content (AvgIpc) is 2.25. The minimum Gasteiger partial charge on any atom is -0.310 e. The maximum atomic E-state index is 7.53. The van der Waals surface area contributed by atoms with Gasteiger partial charge in [-0.15, -0.1) is 0 Å². The highest BCUT2D eigenvalue weighted by Crippen LogP contribution is 2.16. The Hall–Kier alpha value is -1.11. The van der Waals surface area contributed by atoms with Crippen LogP contribution in [-0.2, 0) is 0 Å². The Morgan fingerprint density at radius 3 is 2.44 bits per heavy atom. The topological polar surface area (TPSA) is 23.9 Å². The molecule has 0 fully saturated rings. The fraction of sp³-hybridized carbons (Fsp3) is 0.533. The molecule has 0 aliphatic heterocycles. The molecule has 0 aliphatic rings. The van der Waals surface area contributed by atoms with Gasteiger partial charge >= 0.3 is 0 Å². The fourth-order valence-corrected chi connectivity index (χ4v) is 1.44. The Morgan fingerprint density at radius 1 is 1.31 bits per heavy atom. The smallest absolute Gasteiger partial charge is 0.00863 e. The summed E-state index contributed by atoms with van der Waals surface area (Å²) in [6.07, 6.45) is 9.30. The Balaban J connectivity index is 4.06. The summed E-state index contributed by atoms with van der Waals surface area (Å²) in [6, 6.07) is 0. The SMILES string of the molecule is C=C/C=C\C(C)=C(/C)CCCC(C)C(C)=N. The molecule has 0 spiro atoms. The lowest BCUT2D eigenvalue weighted by molar-refractivity contribution is 0.626. The van der Waals surface area contributed by atoms with Crippen molar-refractivity contribution in [3.8, 4) is 0 Å². The zero-order valence-corrected chi connectivity index (χ0v) is 11.1. The van der Waals surface area contributed by atoms with Crippen LogP contribution in [0.25, 0.3) is 0 Å². The van der Waals surface area contributed by atoms with Gasteiger partial charge in [0, 0.05) is 5.71 Å². The van der Waals surface area contributed by atoms with Gasteiger partial charge in [0.2, 0.25) is 0 Å². The predicted molar refractivity (Wildman–Crippen MR) is 74.1 cm³/mol. The molecule has 0 saturated carbocycles. The Labute approximate surface area is 100 Å². The van der Waals surface area contributed by atoms with E-state index in [1.165, 1.54) is 17.6 Å². The van der Waals surface area contributed by atoms with E-state index in [-0.39, 0.29) is 0 Å². The molecule has 0 saturated heterocycles. The number of allylic oxidation sites excluding steroid dienone is 5. The summed E-state index contributed by atoms with van der Waals surface area (Å²) in [6.45, 7) is 12.0. The molecule has 0 aromatic rings. The molecular weight excluding hydrogens is 194 g/mol. The van der Waals surface area contributed by atoms with Crippen molar-refractivity contribution in [2.24, 2.45) is 5.92 Å². The van der Waals surface area contributed by atoms with Gasteiger partial charge in [-0.3, -0.25) is 0 Å². The van der Waals surface area contributed by atoms with E-state index >= 15 is 0 Å². The Bertz CT molecular complexity index is 295. The summed E-state index contributed by atoms with van der Waals surface area (Å²) in [4.78, 5) is 0. The van der Waals surface area contributed by atoms with Gasteiger partial charge in [0.1, 0.15) is 0 Å². The van der Waals surface area contributed by atoms with E-state index in [9.17, 15) is 0 Å². The monoisotopic (exact) mass is 219 g/mol. The molecule has 0 heterocycles. The molecule has 1 unspecified atom stereocenters. The largest absolute Gasteiger partial charge is 0.310 e. The predicted octanol–water partition coefficient (Wildman–Crippen LogP) is 4.91. The van der Waals surface area contributed by atoms with Crippen LogP contribution in [0.1, 0.15) is 47.0 Å². The molecule has 0 radical (unpaired) electrons. The van der Waals surface area contributed by atoms with Crippen LogP contribution >= 0.6 is 0 Å². The van der Waals surface area contributed by atoms with Gasteiger partial charge in [-0.2, -0.15) is 0 Å². The van der Waals surface area contributed by atoms with E-state index in [2.05, 4.69) is 33.4 Å². The van der Waals surface area contributed by atoms with Crippen LogP contribution in [0.5, 0.6) is 0 Å². The van der Waals surface area contributed by atoms with Gasteiger partial charge in [-0.25, -0.2) is 0 Å². The lowest BCUT2D eigenvalue weighted by Gasteiger charge is -2.10. The molecular formula is C15H25N. The first-order valence-electron chi connectivity index (χ1n) is 5.99. The molecule has 90 valence electrons. The van der Waals surface area contributed by atoms with Gasteiger partial charge in [0.15, 0.2) is 0 Å². The van der Waals surface area contributed by atoms with Crippen molar-refractivity contribution in [1.82, 2.24) is 0 Å². The van der Waals surface area contributed by atoms with Gasteiger partial charge in [0.05, 0.1) is 0 Å². The quantitative estimate of drug-likeness (QED) is 0.464. The second-order valence-electron chi connectivity index (χ2n) is 4.53. The van der Waals surface area contributed by atoms with Crippen molar-refractivity contribution in [2.45, 2.75) is 47.0 Å². The van der Waals surface area contributed by atoms with Gasteiger partial charge in [0.25, 0.3) is 0 Å². The summed E-state index contributed by atoms with van der Waals surface area (Å²) in [7, 11) is 0. The van der Waals surface area contributed by atoms with Crippen LogP contribution in [0.3, 0.4) is 0 Å². The van der Waals surface area contributed by atoms with E-state index in [1.807, 2.05) is 13.0 Å². The Morgan fingerprint density at radius 2 is 1.94 bits per heavy atom. The summed E-state index contributed by atoms with van der Waals surface area (Å²) < 4.78 is 0. The maximum absolute atomic E-state index is 7.53. The second kappa shape index (κ2) is 8.09. The minimum absolute atomic E-state index is 0.428. The lowest BCUT2D eigenvalue weighted by atomic mass is 9.97. The van der Waals surface area contributed by atoms with Crippen LogP contribution < -0.4 is 0 Å². The van der Waals surface area contributed by atoms with Crippen LogP contribution in [-0.4, -0.2) is 5.71 Å². The molecule has 1 heteroatoms. The first-order valence-corrected chi connectivity index (χ1v) is 5.99. The first-order chi connectivity index (χ1) is 7.49. The maximum Gasteiger partial charge on any atom is 0.00863 e. The van der Waals surface area contributed by atoms with E-state index in [0.717, 1.165) is 18.6 Å². The molecule has 0 aromatic carbocycles. The molecule has 1 atom stereocenters. The minimum atomic E-state index is 0.428. The standard InChI is InChI=1S/C15H25N/c1-6-7-9-12(2)13(3)10-8-11-14(4)15(5)16/h6-7,9,14,16H,1,8,10-11H2,2-5H3/b9-7-,13-12+,16-15?. The molecule has 0 aliphatic carbocycles. The molecule has 0 aromatic heterocycles. The van der Waals surface area contributed by atoms with Gasteiger partial charge in [-0.05, 0) is 46.0 Å². The zero-order valence-electron chi connectivity index (χ0n) is 11.1. The third kappa shape index (κ3) is 6.39. The summed E-state index contributed by atoms with van der Waals surface area (Å²) >= 11 is 0. The molecule has 1 N–H and O–H groups in total. The second-order valence-corrected chi connectivity index (χ2v) is 4.53. The van der Waals surface area contributed by atoms with Gasteiger partial charge in [-0.1, -0.05) is 42.9 Å². The number of rotatable bonds is 7. The zero-order chi connectivity index (χ0) is 12.6. The van der Waals surface area contributed by atoms with Crippen molar-refractivity contribution >= 4 is 5.71 Å². The number of hydrogen-bond acceptors (Lipinski definition) is 1. The number of hydrogen-bond donors (Lipinski definition) is 1. The van der Waals surface area contributed by atoms with Gasteiger partial charge < -0.3 is 5.41 Å². The molecule has 0 rings (SSSR count). The normalized spacial score (nSPS) is 14.8. The third-order valence-corrected chi connectivity index (χ3v) is 3.08. The van der Waals surface area contributed by atoms with Crippen LogP contribution in [0.15, 0.2) is 36.0 Å². The Kier molecular flexibility index (Phi) is 7.53.